The standard InChI is InChI=1S/C23H27N3O3S/c1-3-13-23(18-7-5-4-6-8-18)21(28)26(22(29)25-23)16-20(27)24-14-15-30-19-11-9-17(2)10-12-19/h4-12H,3,13-16H2,1-2H3,(H,24,27)(H,25,29)/t23-/m0/s1. The van der Waals surface area contributed by atoms with E-state index < -0.39 is 11.6 Å². The Labute approximate surface area is 181 Å². The zero-order chi connectivity index (χ0) is 21.6. The summed E-state index contributed by atoms with van der Waals surface area (Å²) in [6, 6.07) is 16.9. The van der Waals surface area contributed by atoms with E-state index in [4.69, 9.17) is 0 Å². The van der Waals surface area contributed by atoms with Crippen LogP contribution in [0.15, 0.2) is 59.5 Å². The molecule has 30 heavy (non-hydrogen) atoms. The van der Waals surface area contributed by atoms with Gasteiger partial charge in [-0.1, -0.05) is 61.4 Å². The normalized spacial score (nSPS) is 18.4. The molecule has 4 amide bonds. The van der Waals surface area contributed by atoms with Gasteiger partial charge >= 0.3 is 6.03 Å². The molecule has 1 fully saturated rings. The molecule has 0 saturated carbocycles. The van der Waals surface area contributed by atoms with Crippen molar-refractivity contribution >= 4 is 29.6 Å². The molecule has 1 heterocycles. The maximum Gasteiger partial charge on any atom is 0.325 e. The van der Waals surface area contributed by atoms with Crippen molar-refractivity contribution in [3.63, 3.8) is 0 Å². The Hall–Kier alpha value is -2.80. The van der Waals surface area contributed by atoms with Gasteiger partial charge in [0.25, 0.3) is 5.91 Å². The first kappa shape index (κ1) is 21.9. The molecule has 0 aliphatic carbocycles. The Morgan fingerprint density at radius 2 is 1.80 bits per heavy atom. The van der Waals surface area contributed by atoms with Crippen molar-refractivity contribution in [2.24, 2.45) is 0 Å². The fraction of sp³-hybridized carbons (Fsp3) is 0.348. The Morgan fingerprint density at radius 1 is 1.10 bits per heavy atom. The second kappa shape index (κ2) is 9.80. The van der Waals surface area contributed by atoms with Crippen molar-refractivity contribution < 1.29 is 14.4 Å². The smallest absolute Gasteiger partial charge is 0.325 e. The fourth-order valence-corrected chi connectivity index (χ4v) is 4.34. The largest absolute Gasteiger partial charge is 0.354 e. The number of thioether (sulfide) groups is 1. The summed E-state index contributed by atoms with van der Waals surface area (Å²) < 4.78 is 0. The molecule has 0 aromatic heterocycles. The second-order valence-electron chi connectivity index (χ2n) is 7.35. The first-order valence-corrected chi connectivity index (χ1v) is 11.1. The highest BCUT2D eigenvalue weighted by Gasteiger charge is 2.52. The van der Waals surface area contributed by atoms with Crippen LogP contribution in [0.5, 0.6) is 0 Å². The van der Waals surface area contributed by atoms with E-state index in [0.717, 1.165) is 21.8 Å². The summed E-state index contributed by atoms with van der Waals surface area (Å²) in [6.07, 6.45) is 1.20. The average Bonchev–Trinajstić information content (AvgIpc) is 2.98. The summed E-state index contributed by atoms with van der Waals surface area (Å²) in [4.78, 5) is 40.2. The molecule has 7 heteroatoms. The van der Waals surface area contributed by atoms with Gasteiger partial charge in [-0.2, -0.15) is 0 Å². The van der Waals surface area contributed by atoms with Crippen molar-refractivity contribution in [3.05, 3.63) is 65.7 Å². The van der Waals surface area contributed by atoms with Crippen LogP contribution in [-0.2, 0) is 15.1 Å². The van der Waals surface area contributed by atoms with Gasteiger partial charge in [-0.05, 0) is 31.0 Å². The number of amides is 4. The number of aryl methyl sites for hydroxylation is 1. The third kappa shape index (κ3) is 4.84. The summed E-state index contributed by atoms with van der Waals surface area (Å²) in [7, 11) is 0. The van der Waals surface area contributed by atoms with E-state index in [1.807, 2.05) is 68.4 Å². The lowest BCUT2D eigenvalue weighted by atomic mass is 9.85. The maximum absolute atomic E-state index is 13.2. The Kier molecular flexibility index (Phi) is 7.15. The van der Waals surface area contributed by atoms with Gasteiger partial charge in [-0.3, -0.25) is 14.5 Å². The van der Waals surface area contributed by atoms with Crippen LogP contribution in [0.2, 0.25) is 0 Å². The van der Waals surface area contributed by atoms with Gasteiger partial charge in [-0.25, -0.2) is 4.79 Å². The highest BCUT2D eigenvalue weighted by atomic mass is 32.2. The van der Waals surface area contributed by atoms with Crippen LogP contribution in [0.25, 0.3) is 0 Å². The lowest BCUT2D eigenvalue weighted by molar-refractivity contribution is -0.135. The predicted octanol–water partition coefficient (Wildman–Crippen LogP) is 3.45. The summed E-state index contributed by atoms with van der Waals surface area (Å²) >= 11 is 1.64. The quantitative estimate of drug-likeness (QED) is 0.366. The van der Waals surface area contributed by atoms with Crippen LogP contribution >= 0.6 is 11.8 Å². The number of rotatable bonds is 9. The molecule has 1 aliphatic heterocycles. The number of carbonyl (C=O) groups is 3. The highest BCUT2D eigenvalue weighted by Crippen LogP contribution is 2.33. The average molecular weight is 426 g/mol. The van der Waals surface area contributed by atoms with Crippen molar-refractivity contribution in [1.82, 2.24) is 15.5 Å². The van der Waals surface area contributed by atoms with Gasteiger partial charge in [0.2, 0.25) is 5.91 Å². The van der Waals surface area contributed by atoms with Gasteiger partial charge < -0.3 is 10.6 Å². The number of urea groups is 1. The van der Waals surface area contributed by atoms with Gasteiger partial charge in [0, 0.05) is 17.2 Å². The lowest BCUT2D eigenvalue weighted by Gasteiger charge is -2.26. The van der Waals surface area contributed by atoms with Crippen LogP contribution in [0, 0.1) is 6.92 Å². The third-order valence-electron chi connectivity index (χ3n) is 5.08. The van der Waals surface area contributed by atoms with Crippen molar-refractivity contribution in [3.8, 4) is 0 Å². The van der Waals surface area contributed by atoms with Crippen molar-refractivity contribution in [2.45, 2.75) is 37.1 Å². The minimum absolute atomic E-state index is 0.280. The molecule has 3 rings (SSSR count). The third-order valence-corrected chi connectivity index (χ3v) is 6.10. The summed E-state index contributed by atoms with van der Waals surface area (Å²) in [5.41, 5.74) is 0.841. The van der Waals surface area contributed by atoms with Gasteiger partial charge in [0.15, 0.2) is 0 Å². The zero-order valence-corrected chi connectivity index (χ0v) is 18.1. The molecule has 2 aromatic carbocycles. The topological polar surface area (TPSA) is 78.5 Å². The van der Waals surface area contributed by atoms with Gasteiger partial charge in [0.05, 0.1) is 0 Å². The first-order chi connectivity index (χ1) is 14.5. The van der Waals surface area contributed by atoms with E-state index in [-0.39, 0.29) is 18.4 Å². The molecule has 0 spiro atoms. The Morgan fingerprint density at radius 3 is 2.47 bits per heavy atom. The minimum Gasteiger partial charge on any atom is -0.354 e. The van der Waals surface area contributed by atoms with E-state index in [2.05, 4.69) is 10.6 Å². The maximum atomic E-state index is 13.2. The zero-order valence-electron chi connectivity index (χ0n) is 17.3. The van der Waals surface area contributed by atoms with Gasteiger partial charge in [-0.15, -0.1) is 11.8 Å². The molecule has 0 bridgehead atoms. The molecule has 6 nitrogen and oxygen atoms in total. The van der Waals surface area contributed by atoms with E-state index >= 15 is 0 Å². The summed E-state index contributed by atoms with van der Waals surface area (Å²) in [5, 5.41) is 5.63. The van der Waals surface area contributed by atoms with Crippen molar-refractivity contribution in [1.29, 1.82) is 0 Å². The number of imide groups is 1. The molecule has 0 radical (unpaired) electrons. The number of nitrogens with one attached hydrogen (secondary N) is 2. The number of hydrogen-bond donors (Lipinski definition) is 2. The van der Waals surface area contributed by atoms with E-state index in [9.17, 15) is 14.4 Å². The number of nitrogens with zero attached hydrogens (tertiary/aromatic N) is 1. The molecule has 1 atom stereocenters. The first-order valence-electron chi connectivity index (χ1n) is 10.1. The fourth-order valence-electron chi connectivity index (χ4n) is 3.57. The van der Waals surface area contributed by atoms with Crippen LogP contribution in [0.4, 0.5) is 4.79 Å². The Balaban J connectivity index is 1.56. The minimum atomic E-state index is -1.10. The predicted molar refractivity (Wildman–Crippen MR) is 118 cm³/mol. The van der Waals surface area contributed by atoms with Crippen molar-refractivity contribution in [2.75, 3.05) is 18.8 Å². The molecule has 1 saturated heterocycles. The molecule has 1 aliphatic rings. The summed E-state index contributed by atoms with van der Waals surface area (Å²) in [5.74, 6) is -0.00765. The van der Waals surface area contributed by atoms with Crippen LogP contribution in [-0.4, -0.2) is 41.6 Å². The molecule has 0 unspecified atom stereocenters. The van der Waals surface area contributed by atoms with Crippen LogP contribution in [0.1, 0.15) is 30.9 Å². The van der Waals surface area contributed by atoms with Crippen LogP contribution < -0.4 is 10.6 Å². The van der Waals surface area contributed by atoms with Crippen LogP contribution in [0.3, 0.4) is 0 Å². The number of benzene rings is 2. The SMILES string of the molecule is CCC[C@@]1(c2ccccc2)NC(=O)N(CC(=O)NCCSc2ccc(C)cc2)C1=O. The lowest BCUT2D eigenvalue weighted by Crippen LogP contribution is -2.45. The Bertz CT molecular complexity index is 902. The second-order valence-corrected chi connectivity index (χ2v) is 8.52. The van der Waals surface area contributed by atoms with E-state index in [0.29, 0.717) is 18.7 Å². The number of hydrogen-bond acceptors (Lipinski definition) is 4. The van der Waals surface area contributed by atoms with E-state index in [1.54, 1.807) is 11.8 Å². The monoisotopic (exact) mass is 425 g/mol. The molecular formula is C23H27N3O3S. The molecule has 2 N–H and O–H groups in total. The van der Waals surface area contributed by atoms with Gasteiger partial charge in [0.1, 0.15) is 12.1 Å². The van der Waals surface area contributed by atoms with E-state index in [1.165, 1.54) is 5.56 Å². The summed E-state index contributed by atoms with van der Waals surface area (Å²) in [6.45, 7) is 4.18. The molecule has 158 valence electrons. The molecule has 2 aromatic rings. The molecular weight excluding hydrogens is 398 g/mol. The highest BCUT2D eigenvalue weighted by molar-refractivity contribution is 7.99. The number of carbonyl (C=O) groups excluding carboxylic acids is 3.